The average Bonchev–Trinajstić information content (AvgIpc) is 3.20. The molecule has 0 aliphatic heterocycles. The Morgan fingerprint density at radius 1 is 1.23 bits per heavy atom. The topological polar surface area (TPSA) is 80.0 Å². The second-order valence-corrected chi connectivity index (χ2v) is 7.66. The van der Waals surface area contributed by atoms with Crippen LogP contribution in [0.15, 0.2) is 41.8 Å². The zero-order valence-electron chi connectivity index (χ0n) is 16.5. The van der Waals surface area contributed by atoms with E-state index in [2.05, 4.69) is 21.5 Å². The number of amides is 1. The van der Waals surface area contributed by atoms with E-state index in [9.17, 15) is 18.0 Å². The lowest BCUT2D eigenvalue weighted by Gasteiger charge is -2.22. The molecule has 4 N–H and O–H groups in total. The molecule has 0 unspecified atom stereocenters. The van der Waals surface area contributed by atoms with Gasteiger partial charge < -0.3 is 11.1 Å². The Morgan fingerprint density at radius 2 is 1.87 bits per heavy atom. The van der Waals surface area contributed by atoms with Crippen LogP contribution in [0.5, 0.6) is 0 Å². The van der Waals surface area contributed by atoms with Crippen molar-refractivity contribution < 1.29 is 18.0 Å². The lowest BCUT2D eigenvalue weighted by atomic mass is 9.81. The molecule has 5 nitrogen and oxygen atoms in total. The van der Waals surface area contributed by atoms with Gasteiger partial charge in [-0.2, -0.15) is 0 Å². The molecule has 1 atom stereocenters. The second kappa shape index (κ2) is 9.20. The van der Waals surface area contributed by atoms with Crippen molar-refractivity contribution in [2.75, 3.05) is 23.7 Å². The molecule has 1 heterocycles. The van der Waals surface area contributed by atoms with E-state index >= 15 is 0 Å². The van der Waals surface area contributed by atoms with E-state index < -0.39 is 34.3 Å². The summed E-state index contributed by atoms with van der Waals surface area (Å²) in [6.07, 6.45) is 5.72. The minimum Gasteiger partial charge on any atom is -0.384 e. The maximum Gasteiger partial charge on any atom is 0.263 e. The molecule has 0 saturated heterocycles. The van der Waals surface area contributed by atoms with Crippen molar-refractivity contribution in [2.24, 2.45) is 5.73 Å². The molecule has 31 heavy (non-hydrogen) atoms. The fourth-order valence-corrected chi connectivity index (χ4v) is 3.73. The molecular formula is C22H19F3N4OS. The first kappa shape index (κ1) is 22.3. The van der Waals surface area contributed by atoms with E-state index in [1.165, 1.54) is 12.1 Å². The van der Waals surface area contributed by atoms with Crippen LogP contribution in [-0.4, -0.2) is 24.0 Å². The largest absolute Gasteiger partial charge is 0.384 e. The third-order valence-electron chi connectivity index (χ3n) is 4.69. The zero-order chi connectivity index (χ0) is 22.6. The first-order valence-corrected chi connectivity index (χ1v) is 10.1. The van der Waals surface area contributed by atoms with E-state index in [0.717, 1.165) is 23.5 Å². The first-order valence-electron chi connectivity index (χ1n) is 9.22. The van der Waals surface area contributed by atoms with Gasteiger partial charge in [-0.05, 0) is 36.8 Å². The summed E-state index contributed by atoms with van der Waals surface area (Å²) < 4.78 is 42.0. The van der Waals surface area contributed by atoms with Crippen LogP contribution in [0.3, 0.4) is 0 Å². The molecule has 0 spiro atoms. The molecule has 9 heteroatoms. The number of anilines is 2. The van der Waals surface area contributed by atoms with Gasteiger partial charge in [0, 0.05) is 24.2 Å². The number of nitrogens with two attached hydrogens (primary N) is 1. The van der Waals surface area contributed by atoms with Crippen molar-refractivity contribution in [2.45, 2.75) is 12.3 Å². The van der Waals surface area contributed by atoms with E-state index in [4.69, 9.17) is 12.2 Å². The van der Waals surface area contributed by atoms with E-state index in [-0.39, 0.29) is 17.4 Å². The number of rotatable bonds is 7. The van der Waals surface area contributed by atoms with Gasteiger partial charge in [0.25, 0.3) is 5.91 Å². The molecule has 160 valence electrons. The SMILES string of the molecule is C#C[C@@](C)(c1ccc(F)cc1)c1csc(NC(=O)c2c(F)cc(NCCN)cc2F)n1. The predicted octanol–water partition coefficient (Wildman–Crippen LogP) is 4.12. The third kappa shape index (κ3) is 4.71. The Hall–Kier alpha value is -3.35. The minimum atomic E-state index is -1.02. The second-order valence-electron chi connectivity index (χ2n) is 6.80. The van der Waals surface area contributed by atoms with Crippen molar-refractivity contribution in [3.05, 3.63) is 76.1 Å². The van der Waals surface area contributed by atoms with Gasteiger partial charge in [0.15, 0.2) is 5.13 Å². The van der Waals surface area contributed by atoms with E-state index in [1.807, 2.05) is 0 Å². The Balaban J connectivity index is 1.83. The molecule has 0 fully saturated rings. The Kier molecular flexibility index (Phi) is 6.63. The summed E-state index contributed by atoms with van der Waals surface area (Å²) >= 11 is 1.05. The van der Waals surface area contributed by atoms with Gasteiger partial charge in [-0.3, -0.25) is 10.1 Å². The monoisotopic (exact) mass is 444 g/mol. The number of benzene rings is 2. The highest BCUT2D eigenvalue weighted by atomic mass is 32.1. The fourth-order valence-electron chi connectivity index (χ4n) is 2.92. The smallest absolute Gasteiger partial charge is 0.263 e. The van der Waals surface area contributed by atoms with Crippen LogP contribution in [0.2, 0.25) is 0 Å². The highest BCUT2D eigenvalue weighted by Crippen LogP contribution is 2.33. The number of nitrogens with zero attached hydrogens (tertiary/aromatic N) is 1. The summed E-state index contributed by atoms with van der Waals surface area (Å²) in [5, 5.41) is 6.90. The molecule has 2 aromatic carbocycles. The number of aromatic nitrogens is 1. The van der Waals surface area contributed by atoms with Gasteiger partial charge >= 0.3 is 0 Å². The number of thiazole rings is 1. The van der Waals surface area contributed by atoms with Crippen molar-refractivity contribution >= 4 is 28.1 Å². The van der Waals surface area contributed by atoms with Gasteiger partial charge in [-0.25, -0.2) is 18.2 Å². The highest BCUT2D eigenvalue weighted by molar-refractivity contribution is 7.14. The standard InChI is InChI=1S/C22H19F3N4OS/c1-3-22(2,13-4-6-14(23)7-5-13)18-12-31-21(28-18)29-20(30)19-16(24)10-15(11-17(19)25)27-9-8-26/h1,4-7,10-12,27H,8-9,26H2,2H3,(H,28,29,30)/t22-/m0/s1. The molecule has 0 aliphatic rings. The van der Waals surface area contributed by atoms with Gasteiger partial charge in [0.2, 0.25) is 0 Å². The van der Waals surface area contributed by atoms with Crippen LogP contribution in [-0.2, 0) is 5.41 Å². The Labute approximate surface area is 181 Å². The van der Waals surface area contributed by atoms with E-state index in [1.54, 1.807) is 24.4 Å². The molecule has 1 aromatic heterocycles. The lowest BCUT2D eigenvalue weighted by molar-refractivity contribution is 0.101. The summed E-state index contributed by atoms with van der Waals surface area (Å²) in [6, 6.07) is 7.72. The number of nitrogens with one attached hydrogen (secondary N) is 2. The van der Waals surface area contributed by atoms with Crippen LogP contribution in [0.1, 0.15) is 28.5 Å². The van der Waals surface area contributed by atoms with Crippen LogP contribution in [0, 0.1) is 29.8 Å². The third-order valence-corrected chi connectivity index (χ3v) is 5.45. The molecule has 0 bridgehead atoms. The zero-order valence-corrected chi connectivity index (χ0v) is 17.3. The maximum atomic E-state index is 14.3. The van der Waals surface area contributed by atoms with Crippen LogP contribution in [0.4, 0.5) is 24.0 Å². The van der Waals surface area contributed by atoms with Crippen LogP contribution < -0.4 is 16.4 Å². The number of hydrogen-bond donors (Lipinski definition) is 3. The highest BCUT2D eigenvalue weighted by Gasteiger charge is 2.30. The summed E-state index contributed by atoms with van der Waals surface area (Å²) in [5.41, 5.74) is 4.89. The Morgan fingerprint density at radius 3 is 2.45 bits per heavy atom. The number of halogens is 3. The quantitative estimate of drug-likeness (QED) is 0.479. The summed E-state index contributed by atoms with van der Waals surface area (Å²) in [5.74, 6) is -0.778. The normalized spacial score (nSPS) is 12.6. The summed E-state index contributed by atoms with van der Waals surface area (Å²) in [7, 11) is 0. The molecule has 0 saturated carbocycles. The number of hydrogen-bond acceptors (Lipinski definition) is 5. The van der Waals surface area contributed by atoms with Gasteiger partial charge in [-0.1, -0.05) is 18.1 Å². The first-order chi connectivity index (χ1) is 14.8. The van der Waals surface area contributed by atoms with Gasteiger partial charge in [-0.15, -0.1) is 17.8 Å². The maximum absolute atomic E-state index is 14.3. The summed E-state index contributed by atoms with van der Waals surface area (Å²) in [6.45, 7) is 2.34. The van der Waals surface area contributed by atoms with Crippen molar-refractivity contribution in [3.8, 4) is 12.3 Å². The van der Waals surface area contributed by atoms with Gasteiger partial charge in [0.05, 0.1) is 11.1 Å². The predicted molar refractivity (Wildman–Crippen MR) is 116 cm³/mol. The molecule has 3 aromatic rings. The van der Waals surface area contributed by atoms with Crippen molar-refractivity contribution in [3.63, 3.8) is 0 Å². The summed E-state index contributed by atoms with van der Waals surface area (Å²) in [4.78, 5) is 16.8. The van der Waals surface area contributed by atoms with Crippen molar-refractivity contribution in [1.82, 2.24) is 4.98 Å². The van der Waals surface area contributed by atoms with Crippen LogP contribution in [0.25, 0.3) is 0 Å². The average molecular weight is 444 g/mol. The number of terminal acetylenes is 1. The Bertz CT molecular complexity index is 1120. The number of carbonyl (C=O) groups is 1. The van der Waals surface area contributed by atoms with Crippen molar-refractivity contribution in [1.29, 1.82) is 0 Å². The molecule has 3 rings (SSSR count). The van der Waals surface area contributed by atoms with Gasteiger partial charge in [0.1, 0.15) is 23.0 Å². The minimum absolute atomic E-state index is 0.118. The van der Waals surface area contributed by atoms with Crippen LogP contribution >= 0.6 is 11.3 Å². The van der Waals surface area contributed by atoms with E-state index in [0.29, 0.717) is 17.8 Å². The molecule has 0 radical (unpaired) electrons. The fraction of sp³-hybridized carbons (Fsp3) is 0.182. The molecule has 1 amide bonds. The lowest BCUT2D eigenvalue weighted by Crippen LogP contribution is -2.22. The molecule has 0 aliphatic carbocycles. The molecular weight excluding hydrogens is 425 g/mol. The number of carbonyl (C=O) groups excluding carboxylic acids is 1.